The third-order valence-corrected chi connectivity index (χ3v) is 3.28. The first-order valence-corrected chi connectivity index (χ1v) is 5.73. The number of ether oxygens (including phenoxy) is 1. The Kier molecular flexibility index (Phi) is 3.12. The van der Waals surface area contributed by atoms with E-state index in [1.165, 1.54) is 12.8 Å². The van der Waals surface area contributed by atoms with Crippen LogP contribution in [-0.4, -0.2) is 11.6 Å². The van der Waals surface area contributed by atoms with Crippen molar-refractivity contribution in [3.05, 3.63) is 24.0 Å². The molecule has 1 aliphatic carbocycles. The van der Waals surface area contributed by atoms with Crippen molar-refractivity contribution in [3.8, 4) is 5.75 Å². The predicted molar refractivity (Wildman–Crippen MR) is 62.8 cm³/mol. The molecule has 0 amide bonds. The van der Waals surface area contributed by atoms with Gasteiger partial charge in [-0.2, -0.15) is 0 Å². The zero-order valence-electron chi connectivity index (χ0n) is 9.86. The monoisotopic (exact) mass is 221 g/mol. The number of nitrogens with two attached hydrogens (primary N) is 1. The number of nitrogens with one attached hydrogen (secondary N) is 1. The minimum Gasteiger partial charge on any atom is -0.492 e. The Hall–Kier alpha value is -1.13. The molecule has 1 aliphatic rings. The molecule has 2 rings (SSSR count). The van der Waals surface area contributed by atoms with Crippen molar-refractivity contribution in [3.63, 3.8) is 0 Å². The van der Waals surface area contributed by atoms with Gasteiger partial charge in [-0.3, -0.25) is 16.3 Å². The smallest absolute Gasteiger partial charge is 0.137 e. The molecule has 0 radical (unpaired) electrons. The third kappa shape index (κ3) is 2.18. The Morgan fingerprint density at radius 2 is 2.31 bits per heavy atom. The Balaban J connectivity index is 2.21. The van der Waals surface area contributed by atoms with E-state index in [0.717, 1.165) is 11.3 Å². The second-order valence-corrected chi connectivity index (χ2v) is 4.64. The molecule has 0 aliphatic heterocycles. The molecule has 1 heterocycles. The fourth-order valence-electron chi connectivity index (χ4n) is 2.02. The van der Waals surface area contributed by atoms with E-state index in [0.29, 0.717) is 6.61 Å². The van der Waals surface area contributed by atoms with Gasteiger partial charge in [-0.1, -0.05) is 6.92 Å². The van der Waals surface area contributed by atoms with Gasteiger partial charge in [0.25, 0.3) is 0 Å². The molecule has 0 bridgehead atoms. The van der Waals surface area contributed by atoms with Crippen LogP contribution in [-0.2, 0) is 0 Å². The fourth-order valence-corrected chi connectivity index (χ4v) is 2.02. The van der Waals surface area contributed by atoms with Gasteiger partial charge in [-0.05, 0) is 36.8 Å². The highest BCUT2D eigenvalue weighted by molar-refractivity contribution is 5.28. The zero-order chi connectivity index (χ0) is 11.6. The van der Waals surface area contributed by atoms with E-state index < -0.39 is 0 Å². The molecule has 0 spiro atoms. The summed E-state index contributed by atoms with van der Waals surface area (Å²) in [7, 11) is 0. The van der Waals surface area contributed by atoms with Crippen LogP contribution in [0.2, 0.25) is 0 Å². The molecule has 4 nitrogen and oxygen atoms in total. The predicted octanol–water partition coefficient (Wildman–Crippen LogP) is 1.78. The van der Waals surface area contributed by atoms with E-state index in [4.69, 9.17) is 10.6 Å². The van der Waals surface area contributed by atoms with Gasteiger partial charge < -0.3 is 4.74 Å². The van der Waals surface area contributed by atoms with Gasteiger partial charge in [0.05, 0.1) is 18.8 Å². The lowest BCUT2D eigenvalue weighted by atomic mass is 9.93. The summed E-state index contributed by atoms with van der Waals surface area (Å²) >= 11 is 0. The van der Waals surface area contributed by atoms with Crippen LogP contribution in [0.15, 0.2) is 18.5 Å². The Bertz CT molecular complexity index is 363. The number of pyridine rings is 1. The van der Waals surface area contributed by atoms with Crippen LogP contribution < -0.4 is 16.0 Å². The maximum Gasteiger partial charge on any atom is 0.137 e. The number of hydrazine groups is 1. The lowest BCUT2D eigenvalue weighted by Gasteiger charge is -2.23. The molecule has 0 aromatic carbocycles. The van der Waals surface area contributed by atoms with Gasteiger partial charge in [-0.25, -0.2) is 0 Å². The SMILES string of the molecule is CCOc1cncc(C(NN)C2(C)CC2)c1. The molecule has 1 unspecified atom stereocenters. The summed E-state index contributed by atoms with van der Waals surface area (Å²) in [4.78, 5) is 4.19. The van der Waals surface area contributed by atoms with E-state index in [9.17, 15) is 0 Å². The highest BCUT2D eigenvalue weighted by Gasteiger charge is 2.45. The molecular weight excluding hydrogens is 202 g/mol. The number of aromatic nitrogens is 1. The fraction of sp³-hybridized carbons (Fsp3) is 0.583. The average molecular weight is 221 g/mol. The summed E-state index contributed by atoms with van der Waals surface area (Å²) in [6.07, 6.45) is 6.01. The summed E-state index contributed by atoms with van der Waals surface area (Å²) in [5.41, 5.74) is 4.28. The van der Waals surface area contributed by atoms with E-state index in [2.05, 4.69) is 17.3 Å². The standard InChI is InChI=1S/C12H19N3O/c1-3-16-10-6-9(7-14-8-10)11(15-13)12(2)4-5-12/h6-8,11,15H,3-5,13H2,1-2H3. The second-order valence-electron chi connectivity index (χ2n) is 4.64. The molecule has 1 atom stereocenters. The number of rotatable bonds is 5. The van der Waals surface area contributed by atoms with Gasteiger partial charge in [0, 0.05) is 6.20 Å². The maximum atomic E-state index is 5.64. The van der Waals surface area contributed by atoms with Crippen LogP contribution in [0, 0.1) is 5.41 Å². The second kappa shape index (κ2) is 4.39. The lowest BCUT2D eigenvalue weighted by molar-refractivity contribution is 0.334. The van der Waals surface area contributed by atoms with Gasteiger partial charge in [-0.15, -0.1) is 0 Å². The van der Waals surface area contributed by atoms with Gasteiger partial charge in [0.15, 0.2) is 0 Å². The average Bonchev–Trinajstić information content (AvgIpc) is 2.99. The van der Waals surface area contributed by atoms with Crippen LogP contribution >= 0.6 is 0 Å². The topological polar surface area (TPSA) is 60.2 Å². The highest BCUT2D eigenvalue weighted by Crippen LogP contribution is 2.54. The number of hydrogen-bond acceptors (Lipinski definition) is 4. The Labute approximate surface area is 96.2 Å². The summed E-state index contributed by atoms with van der Waals surface area (Å²) in [6.45, 7) is 4.86. The van der Waals surface area contributed by atoms with Crippen molar-refractivity contribution in [1.82, 2.24) is 10.4 Å². The first-order valence-electron chi connectivity index (χ1n) is 5.73. The summed E-state index contributed by atoms with van der Waals surface area (Å²) in [5, 5.41) is 0. The van der Waals surface area contributed by atoms with E-state index in [1.807, 2.05) is 19.2 Å². The van der Waals surface area contributed by atoms with E-state index in [-0.39, 0.29) is 11.5 Å². The van der Waals surface area contributed by atoms with Crippen molar-refractivity contribution in [2.24, 2.45) is 11.3 Å². The lowest BCUT2D eigenvalue weighted by Crippen LogP contribution is -2.33. The summed E-state index contributed by atoms with van der Waals surface area (Å²) < 4.78 is 5.44. The van der Waals surface area contributed by atoms with Gasteiger partial charge in [0.1, 0.15) is 5.75 Å². The molecule has 1 fully saturated rings. The minimum absolute atomic E-state index is 0.167. The maximum absolute atomic E-state index is 5.64. The number of hydrogen-bond donors (Lipinski definition) is 2. The summed E-state index contributed by atoms with van der Waals surface area (Å²) in [6, 6.07) is 2.19. The first-order chi connectivity index (χ1) is 7.69. The Morgan fingerprint density at radius 1 is 1.56 bits per heavy atom. The molecular formula is C12H19N3O. The normalized spacial score (nSPS) is 19.2. The molecule has 16 heavy (non-hydrogen) atoms. The van der Waals surface area contributed by atoms with Crippen LogP contribution in [0.3, 0.4) is 0 Å². The minimum atomic E-state index is 0.167. The molecule has 3 N–H and O–H groups in total. The van der Waals surface area contributed by atoms with Crippen LogP contribution in [0.25, 0.3) is 0 Å². The van der Waals surface area contributed by atoms with Crippen LogP contribution in [0.1, 0.15) is 38.3 Å². The molecule has 4 heteroatoms. The molecule has 1 saturated carbocycles. The van der Waals surface area contributed by atoms with E-state index in [1.54, 1.807) is 6.20 Å². The van der Waals surface area contributed by atoms with Gasteiger partial charge in [0.2, 0.25) is 0 Å². The molecule has 1 aromatic rings. The summed E-state index contributed by atoms with van der Waals surface area (Å²) in [5.74, 6) is 6.45. The molecule has 1 aromatic heterocycles. The Morgan fingerprint density at radius 3 is 2.88 bits per heavy atom. The van der Waals surface area contributed by atoms with Crippen LogP contribution in [0.5, 0.6) is 5.75 Å². The number of nitrogens with zero attached hydrogens (tertiary/aromatic N) is 1. The van der Waals surface area contributed by atoms with E-state index >= 15 is 0 Å². The molecule has 0 saturated heterocycles. The quantitative estimate of drug-likeness (QED) is 0.588. The van der Waals surface area contributed by atoms with Gasteiger partial charge >= 0.3 is 0 Å². The van der Waals surface area contributed by atoms with Crippen LogP contribution in [0.4, 0.5) is 0 Å². The van der Waals surface area contributed by atoms with Crippen molar-refractivity contribution < 1.29 is 4.74 Å². The van der Waals surface area contributed by atoms with Crippen molar-refractivity contribution in [2.45, 2.75) is 32.7 Å². The van der Waals surface area contributed by atoms with Crippen molar-refractivity contribution in [1.29, 1.82) is 0 Å². The third-order valence-electron chi connectivity index (χ3n) is 3.28. The first kappa shape index (κ1) is 11.4. The molecule has 88 valence electrons. The zero-order valence-corrected chi connectivity index (χ0v) is 9.86. The largest absolute Gasteiger partial charge is 0.492 e. The van der Waals surface area contributed by atoms with Crippen molar-refractivity contribution in [2.75, 3.05) is 6.61 Å². The van der Waals surface area contributed by atoms with Crippen molar-refractivity contribution >= 4 is 0 Å². The highest BCUT2D eigenvalue weighted by atomic mass is 16.5.